The molecule has 1 aromatic rings. The van der Waals surface area contributed by atoms with Gasteiger partial charge >= 0.3 is 6.18 Å². The molecule has 0 amide bonds. The Kier molecular flexibility index (Phi) is 2.73. The monoisotopic (exact) mass is 243 g/mol. The van der Waals surface area contributed by atoms with E-state index in [0.717, 1.165) is 25.0 Å². The molecule has 1 saturated carbocycles. The molecule has 2 N–H and O–H groups in total. The maximum atomic E-state index is 12.3. The van der Waals surface area contributed by atoms with Crippen LogP contribution in [0.4, 0.5) is 13.2 Å². The average Bonchev–Trinajstić information content (AvgIpc) is 3.08. The van der Waals surface area contributed by atoms with Gasteiger partial charge in [-0.1, -0.05) is 12.1 Å². The molecule has 5 heteroatoms. The van der Waals surface area contributed by atoms with Crippen LogP contribution in [0, 0.1) is 5.41 Å². The lowest BCUT2D eigenvalue weighted by Crippen LogP contribution is -2.25. The second kappa shape index (κ2) is 3.84. The number of halogens is 3. The van der Waals surface area contributed by atoms with E-state index in [2.05, 4.69) is 0 Å². The van der Waals surface area contributed by atoms with Crippen molar-refractivity contribution in [2.24, 2.45) is 11.1 Å². The third-order valence-electron chi connectivity index (χ3n) is 3.20. The summed E-state index contributed by atoms with van der Waals surface area (Å²) < 4.78 is 37.0. The van der Waals surface area contributed by atoms with E-state index < -0.39 is 17.2 Å². The lowest BCUT2D eigenvalue weighted by atomic mass is 9.94. The molecule has 2 rings (SSSR count). The number of carbonyl (C=O) groups is 1. The molecule has 0 spiro atoms. The molecule has 0 saturated heterocycles. The van der Waals surface area contributed by atoms with Crippen molar-refractivity contribution in [1.82, 2.24) is 0 Å². The van der Waals surface area contributed by atoms with Gasteiger partial charge in [-0.3, -0.25) is 4.79 Å². The fourth-order valence-electron chi connectivity index (χ4n) is 1.79. The summed E-state index contributed by atoms with van der Waals surface area (Å²) in [6.07, 6.45) is -2.92. The first kappa shape index (κ1) is 12.1. The molecule has 0 heterocycles. The zero-order valence-electron chi connectivity index (χ0n) is 9.05. The van der Waals surface area contributed by atoms with Crippen LogP contribution in [0.1, 0.15) is 28.8 Å². The topological polar surface area (TPSA) is 43.1 Å². The molecule has 2 nitrogen and oxygen atoms in total. The number of ketones is 1. The maximum absolute atomic E-state index is 12.3. The van der Waals surface area contributed by atoms with Gasteiger partial charge in [-0.2, -0.15) is 13.2 Å². The number of benzene rings is 1. The van der Waals surface area contributed by atoms with Gasteiger partial charge in [0.05, 0.1) is 5.56 Å². The van der Waals surface area contributed by atoms with Gasteiger partial charge in [-0.15, -0.1) is 0 Å². The van der Waals surface area contributed by atoms with E-state index in [-0.39, 0.29) is 12.3 Å². The Morgan fingerprint density at radius 1 is 1.24 bits per heavy atom. The number of hydrogen-bond donors (Lipinski definition) is 1. The normalized spacial score (nSPS) is 17.9. The van der Waals surface area contributed by atoms with Crippen molar-refractivity contribution >= 4 is 5.78 Å². The lowest BCUT2D eigenvalue weighted by Gasteiger charge is -2.12. The fourth-order valence-corrected chi connectivity index (χ4v) is 1.79. The smallest absolute Gasteiger partial charge is 0.329 e. The first-order valence-electron chi connectivity index (χ1n) is 5.31. The van der Waals surface area contributed by atoms with E-state index in [1.807, 2.05) is 0 Å². The molecular weight excluding hydrogens is 231 g/mol. The highest BCUT2D eigenvalue weighted by molar-refractivity contribution is 6.02. The van der Waals surface area contributed by atoms with Crippen molar-refractivity contribution in [3.05, 3.63) is 35.4 Å². The highest BCUT2D eigenvalue weighted by atomic mass is 19.4. The van der Waals surface area contributed by atoms with Gasteiger partial charge in [-0.05, 0) is 25.0 Å². The highest BCUT2D eigenvalue weighted by Crippen LogP contribution is 2.47. The predicted molar refractivity (Wildman–Crippen MR) is 56.5 cm³/mol. The van der Waals surface area contributed by atoms with E-state index in [4.69, 9.17) is 5.73 Å². The van der Waals surface area contributed by atoms with Crippen molar-refractivity contribution in [1.29, 1.82) is 0 Å². The second-order valence-electron chi connectivity index (χ2n) is 4.39. The number of nitrogens with two attached hydrogens (primary N) is 1. The van der Waals surface area contributed by atoms with E-state index in [1.165, 1.54) is 12.1 Å². The molecule has 0 radical (unpaired) electrons. The van der Waals surface area contributed by atoms with Gasteiger partial charge in [0.1, 0.15) is 0 Å². The number of alkyl halides is 3. The standard InChI is InChI=1S/C12H12F3NO/c13-12(14,15)9-3-1-8(2-4-9)10(17)11(7-16)5-6-11/h1-4H,5-7,16H2. The average molecular weight is 243 g/mol. The minimum Gasteiger partial charge on any atom is -0.329 e. The minimum absolute atomic E-state index is 0.145. The third-order valence-corrected chi connectivity index (χ3v) is 3.20. The molecule has 1 aromatic carbocycles. The van der Waals surface area contributed by atoms with Crippen molar-refractivity contribution in [3.63, 3.8) is 0 Å². The highest BCUT2D eigenvalue weighted by Gasteiger charge is 2.48. The quantitative estimate of drug-likeness (QED) is 0.829. The number of Topliss-reactive ketones (excluding diaryl/α,β-unsaturated/α-hetero) is 1. The van der Waals surface area contributed by atoms with Crippen molar-refractivity contribution in [2.45, 2.75) is 19.0 Å². The SMILES string of the molecule is NCC1(C(=O)c2ccc(C(F)(F)F)cc2)CC1. The predicted octanol–water partition coefficient (Wildman–Crippen LogP) is 2.63. The summed E-state index contributed by atoms with van der Waals surface area (Å²) in [5, 5.41) is 0. The van der Waals surface area contributed by atoms with Crippen LogP contribution < -0.4 is 5.73 Å². The number of rotatable bonds is 3. The third kappa shape index (κ3) is 2.20. The zero-order valence-corrected chi connectivity index (χ0v) is 9.05. The molecule has 0 atom stereocenters. The lowest BCUT2D eigenvalue weighted by molar-refractivity contribution is -0.137. The van der Waals surface area contributed by atoms with Crippen molar-refractivity contribution in [2.75, 3.05) is 6.54 Å². The Morgan fingerprint density at radius 2 is 1.76 bits per heavy atom. The molecule has 1 aliphatic rings. The summed E-state index contributed by atoms with van der Waals surface area (Å²) in [6, 6.07) is 4.31. The Balaban J connectivity index is 2.22. The van der Waals surface area contributed by atoms with Crippen LogP contribution >= 0.6 is 0 Å². The molecule has 92 valence electrons. The number of hydrogen-bond acceptors (Lipinski definition) is 2. The van der Waals surface area contributed by atoms with Crippen LogP contribution in [0.5, 0.6) is 0 Å². The van der Waals surface area contributed by atoms with E-state index >= 15 is 0 Å². The van der Waals surface area contributed by atoms with Crippen molar-refractivity contribution in [3.8, 4) is 0 Å². The Labute approximate surface area is 96.6 Å². The molecule has 0 aliphatic heterocycles. The first-order chi connectivity index (χ1) is 7.89. The van der Waals surface area contributed by atoms with E-state index in [0.29, 0.717) is 5.56 Å². The summed E-state index contributed by atoms with van der Waals surface area (Å²) in [7, 11) is 0. The first-order valence-corrected chi connectivity index (χ1v) is 5.31. The molecule has 0 unspecified atom stereocenters. The summed E-state index contributed by atoms with van der Waals surface area (Å²) in [4.78, 5) is 12.0. The molecule has 1 fully saturated rings. The summed E-state index contributed by atoms with van der Waals surface area (Å²) in [6.45, 7) is 0.257. The molecule has 1 aliphatic carbocycles. The van der Waals surface area contributed by atoms with Crippen LogP contribution in [-0.4, -0.2) is 12.3 Å². The molecule has 17 heavy (non-hydrogen) atoms. The Bertz CT molecular complexity index is 432. The summed E-state index contributed by atoms with van der Waals surface area (Å²) in [5.41, 5.74) is 4.55. The van der Waals surface area contributed by atoms with Gasteiger partial charge in [-0.25, -0.2) is 0 Å². The van der Waals surface area contributed by atoms with Gasteiger partial charge in [0.25, 0.3) is 0 Å². The fraction of sp³-hybridized carbons (Fsp3) is 0.417. The van der Waals surface area contributed by atoms with Crippen LogP contribution in [0.2, 0.25) is 0 Å². The van der Waals surface area contributed by atoms with Gasteiger partial charge in [0.2, 0.25) is 0 Å². The van der Waals surface area contributed by atoms with Crippen LogP contribution in [0.15, 0.2) is 24.3 Å². The van der Waals surface area contributed by atoms with Crippen LogP contribution in [-0.2, 0) is 6.18 Å². The van der Waals surface area contributed by atoms with E-state index in [9.17, 15) is 18.0 Å². The second-order valence-corrected chi connectivity index (χ2v) is 4.39. The summed E-state index contributed by atoms with van der Waals surface area (Å²) >= 11 is 0. The van der Waals surface area contributed by atoms with Crippen molar-refractivity contribution < 1.29 is 18.0 Å². The molecule has 0 bridgehead atoms. The molecule has 0 aromatic heterocycles. The zero-order chi connectivity index (χ0) is 12.7. The van der Waals surface area contributed by atoms with Crippen LogP contribution in [0.25, 0.3) is 0 Å². The summed E-state index contributed by atoms with van der Waals surface area (Å²) in [5.74, 6) is -0.145. The van der Waals surface area contributed by atoms with Gasteiger partial charge in [0.15, 0.2) is 5.78 Å². The van der Waals surface area contributed by atoms with Gasteiger partial charge < -0.3 is 5.73 Å². The Morgan fingerprint density at radius 3 is 2.12 bits per heavy atom. The largest absolute Gasteiger partial charge is 0.416 e. The van der Waals surface area contributed by atoms with Crippen LogP contribution in [0.3, 0.4) is 0 Å². The molecular formula is C12H12F3NO. The minimum atomic E-state index is -4.37. The number of carbonyl (C=O) groups excluding carboxylic acids is 1. The Hall–Kier alpha value is -1.36. The van der Waals surface area contributed by atoms with Gasteiger partial charge in [0, 0.05) is 17.5 Å². The van der Waals surface area contributed by atoms with E-state index in [1.54, 1.807) is 0 Å². The maximum Gasteiger partial charge on any atom is 0.416 e.